The summed E-state index contributed by atoms with van der Waals surface area (Å²) in [4.78, 5) is 19.7. The van der Waals surface area contributed by atoms with E-state index in [9.17, 15) is 31.1 Å². The minimum atomic E-state index is -4.49. The van der Waals surface area contributed by atoms with Gasteiger partial charge in [0.15, 0.2) is 0 Å². The first-order valence-electron chi connectivity index (χ1n) is 11.2. The van der Waals surface area contributed by atoms with Gasteiger partial charge in [-0.25, -0.2) is 18.0 Å². The Morgan fingerprint density at radius 1 is 1.00 bits per heavy atom. The highest BCUT2D eigenvalue weighted by Crippen LogP contribution is 2.38. The van der Waals surface area contributed by atoms with Gasteiger partial charge in [0.1, 0.15) is 5.82 Å². The van der Waals surface area contributed by atoms with Crippen molar-refractivity contribution in [3.63, 3.8) is 0 Å². The van der Waals surface area contributed by atoms with Crippen LogP contribution in [0.2, 0.25) is 0 Å². The first-order valence-corrected chi connectivity index (χ1v) is 11.2. The lowest BCUT2D eigenvalue weighted by molar-refractivity contribution is -0.137. The third-order valence-corrected chi connectivity index (χ3v) is 6.42. The van der Waals surface area contributed by atoms with E-state index in [-0.39, 0.29) is 24.8 Å². The van der Waals surface area contributed by atoms with Crippen LogP contribution >= 0.6 is 0 Å². The lowest BCUT2D eigenvalue weighted by Gasteiger charge is -2.44. The van der Waals surface area contributed by atoms with Crippen molar-refractivity contribution < 1.29 is 35.7 Å². The topological polar surface area (TPSA) is 62.5 Å². The highest BCUT2D eigenvalue weighted by molar-refractivity contribution is 5.76. The molecule has 0 spiro atoms. The Bertz CT molecular complexity index is 1250. The molecule has 2 aliphatic rings. The molecule has 0 aliphatic carbocycles. The number of benzene rings is 2. The maximum Gasteiger partial charge on any atom is 0.416 e. The molecule has 3 heterocycles. The number of likely N-dealkylation sites (tertiary alicyclic amines) is 2. The van der Waals surface area contributed by atoms with Gasteiger partial charge in [0.2, 0.25) is 11.7 Å². The number of piperidine rings is 1. The van der Waals surface area contributed by atoms with Gasteiger partial charge >= 0.3 is 12.2 Å². The van der Waals surface area contributed by atoms with Crippen LogP contribution in [-0.2, 0) is 6.18 Å². The lowest BCUT2D eigenvalue weighted by Crippen LogP contribution is -2.62. The highest BCUT2D eigenvalue weighted by Gasteiger charge is 2.48. The predicted octanol–water partition coefficient (Wildman–Crippen LogP) is 5.54. The van der Waals surface area contributed by atoms with E-state index in [0.717, 1.165) is 17.0 Å². The average molecular weight is 510 g/mol. The van der Waals surface area contributed by atoms with E-state index < -0.39 is 54.4 Å². The maximum atomic E-state index is 13.6. The molecule has 0 N–H and O–H groups in total. The van der Waals surface area contributed by atoms with E-state index in [4.69, 9.17) is 4.52 Å². The molecule has 0 radical (unpaired) electrons. The second-order valence-electron chi connectivity index (χ2n) is 9.12. The van der Waals surface area contributed by atoms with Gasteiger partial charge in [-0.2, -0.15) is 18.2 Å². The lowest BCUT2D eigenvalue weighted by atomic mass is 9.84. The van der Waals surface area contributed by atoms with E-state index >= 15 is 0 Å². The molecule has 2 fully saturated rings. The van der Waals surface area contributed by atoms with Crippen LogP contribution < -0.4 is 0 Å². The molecule has 2 aromatic carbocycles. The number of halogens is 6. The van der Waals surface area contributed by atoms with E-state index in [1.165, 1.54) is 35.2 Å². The fourth-order valence-electron chi connectivity index (χ4n) is 4.61. The molecule has 0 saturated carbocycles. The highest BCUT2D eigenvalue weighted by atomic mass is 19.4. The first-order chi connectivity index (χ1) is 17.0. The second-order valence-corrected chi connectivity index (χ2v) is 9.12. The van der Waals surface area contributed by atoms with E-state index in [0.29, 0.717) is 17.5 Å². The molecule has 36 heavy (non-hydrogen) atoms. The number of hydrogen-bond donors (Lipinski definition) is 0. The van der Waals surface area contributed by atoms with Crippen molar-refractivity contribution in [1.29, 1.82) is 0 Å². The Balaban J connectivity index is 1.41. The summed E-state index contributed by atoms with van der Waals surface area (Å²) in [6.45, 7) is -1.15. The van der Waals surface area contributed by atoms with Gasteiger partial charge in [-0.1, -0.05) is 29.4 Å². The molecule has 3 aromatic rings. The standard InChI is InChI=1S/C24H20F6N4O2/c25-19-3-1-2-15(9-19)20-31-21(36-32-20)17-8-16(14-4-6-18(7-5-14)24(28,29)30)10-33(11-17)22(35)34-12-23(26,27)13-34/h1-7,9,16-17H,8,10-13H2. The van der Waals surface area contributed by atoms with Crippen LogP contribution in [0.4, 0.5) is 31.1 Å². The van der Waals surface area contributed by atoms with Crippen molar-refractivity contribution in [2.75, 3.05) is 26.2 Å². The monoisotopic (exact) mass is 510 g/mol. The van der Waals surface area contributed by atoms with Gasteiger partial charge in [-0.15, -0.1) is 0 Å². The van der Waals surface area contributed by atoms with Crippen molar-refractivity contribution in [2.45, 2.75) is 30.4 Å². The van der Waals surface area contributed by atoms with E-state index in [1.54, 1.807) is 6.07 Å². The summed E-state index contributed by atoms with van der Waals surface area (Å²) in [6.07, 6.45) is -4.12. The van der Waals surface area contributed by atoms with Crippen molar-refractivity contribution in [1.82, 2.24) is 19.9 Å². The molecule has 12 heteroatoms. The summed E-state index contributed by atoms with van der Waals surface area (Å²) in [5.41, 5.74) is 0.145. The smallest absolute Gasteiger partial charge is 0.339 e. The van der Waals surface area contributed by atoms with Gasteiger partial charge in [-0.3, -0.25) is 0 Å². The molecule has 1 aromatic heterocycles. The number of hydrogen-bond acceptors (Lipinski definition) is 4. The average Bonchev–Trinajstić information content (AvgIpc) is 3.32. The number of aromatic nitrogens is 2. The van der Waals surface area contributed by atoms with Crippen LogP contribution in [0.1, 0.15) is 35.3 Å². The zero-order valence-corrected chi connectivity index (χ0v) is 18.7. The molecular weight excluding hydrogens is 490 g/mol. The first kappa shape index (κ1) is 24.1. The fraction of sp³-hybridized carbons (Fsp3) is 0.375. The van der Waals surface area contributed by atoms with Gasteiger partial charge in [0.25, 0.3) is 5.92 Å². The van der Waals surface area contributed by atoms with Crippen LogP contribution in [0.5, 0.6) is 0 Å². The number of rotatable bonds is 3. The number of amides is 2. The fourth-order valence-corrected chi connectivity index (χ4v) is 4.61. The third kappa shape index (κ3) is 4.89. The van der Waals surface area contributed by atoms with Crippen molar-refractivity contribution >= 4 is 6.03 Å². The summed E-state index contributed by atoms with van der Waals surface area (Å²) < 4.78 is 84.8. The summed E-state index contributed by atoms with van der Waals surface area (Å²) in [5.74, 6) is -4.03. The minimum absolute atomic E-state index is 0.100. The summed E-state index contributed by atoms with van der Waals surface area (Å²) in [6, 6.07) is 9.64. The van der Waals surface area contributed by atoms with Crippen LogP contribution in [0, 0.1) is 5.82 Å². The molecule has 2 unspecified atom stereocenters. The Morgan fingerprint density at radius 3 is 2.33 bits per heavy atom. The van der Waals surface area contributed by atoms with Crippen LogP contribution in [0.15, 0.2) is 53.1 Å². The zero-order valence-electron chi connectivity index (χ0n) is 18.7. The molecule has 5 rings (SSSR count). The molecule has 2 aliphatic heterocycles. The predicted molar refractivity (Wildman–Crippen MR) is 115 cm³/mol. The van der Waals surface area contributed by atoms with Crippen LogP contribution in [0.25, 0.3) is 11.4 Å². The number of nitrogens with zero attached hydrogens (tertiary/aromatic N) is 4. The molecule has 2 amide bonds. The molecular formula is C24H20F6N4O2. The van der Waals surface area contributed by atoms with Crippen LogP contribution in [-0.4, -0.2) is 58.1 Å². The second kappa shape index (κ2) is 8.82. The van der Waals surface area contributed by atoms with Crippen molar-refractivity contribution in [2.24, 2.45) is 0 Å². The SMILES string of the molecule is O=C(N1CC(c2ccc(C(F)(F)F)cc2)CC(c2nc(-c3cccc(F)c3)no2)C1)N1CC(F)(F)C1. The van der Waals surface area contributed by atoms with Gasteiger partial charge in [0.05, 0.1) is 24.6 Å². The van der Waals surface area contributed by atoms with E-state index in [2.05, 4.69) is 10.1 Å². The molecule has 190 valence electrons. The number of carbonyl (C=O) groups is 1. The minimum Gasteiger partial charge on any atom is -0.339 e. The van der Waals surface area contributed by atoms with Gasteiger partial charge in [-0.05, 0) is 36.2 Å². The Kier molecular flexibility index (Phi) is 5.92. The summed E-state index contributed by atoms with van der Waals surface area (Å²) >= 11 is 0. The summed E-state index contributed by atoms with van der Waals surface area (Å²) in [7, 11) is 0. The number of carbonyl (C=O) groups excluding carboxylic acids is 1. The molecule has 2 saturated heterocycles. The maximum absolute atomic E-state index is 13.6. The third-order valence-electron chi connectivity index (χ3n) is 6.42. The van der Waals surface area contributed by atoms with Gasteiger partial charge in [0, 0.05) is 24.6 Å². The molecule has 0 bridgehead atoms. The molecule has 2 atom stereocenters. The normalized spacial score (nSPS) is 21.8. The number of urea groups is 1. The van der Waals surface area contributed by atoms with Crippen LogP contribution in [0.3, 0.4) is 0 Å². The number of alkyl halides is 5. The van der Waals surface area contributed by atoms with Crippen molar-refractivity contribution in [3.05, 3.63) is 71.4 Å². The zero-order chi connectivity index (χ0) is 25.7. The Hall–Kier alpha value is -3.57. The van der Waals surface area contributed by atoms with Gasteiger partial charge < -0.3 is 14.3 Å². The Labute approximate surface area is 201 Å². The molecule has 6 nitrogen and oxygen atoms in total. The summed E-state index contributed by atoms with van der Waals surface area (Å²) in [5, 5.41) is 3.90. The Morgan fingerprint density at radius 2 is 1.69 bits per heavy atom. The largest absolute Gasteiger partial charge is 0.416 e. The quantitative estimate of drug-likeness (QED) is 0.435. The van der Waals surface area contributed by atoms with E-state index in [1.807, 2.05) is 0 Å². The van der Waals surface area contributed by atoms with Crippen molar-refractivity contribution in [3.8, 4) is 11.4 Å².